The second kappa shape index (κ2) is 19.1. The predicted octanol–water partition coefficient (Wildman–Crippen LogP) is 5.16. The van der Waals surface area contributed by atoms with E-state index < -0.39 is 33.6 Å². The molecule has 0 saturated heterocycles. The topological polar surface area (TPSA) is 229 Å². The number of aryl methyl sites for hydroxylation is 1. The van der Waals surface area contributed by atoms with Gasteiger partial charge in [0.2, 0.25) is 11.2 Å². The van der Waals surface area contributed by atoms with Crippen LogP contribution in [-0.4, -0.2) is 92.8 Å². The number of aliphatic hydroxyl groups excluding tert-OH is 1. The van der Waals surface area contributed by atoms with Crippen molar-refractivity contribution in [1.29, 1.82) is 0 Å². The molecule has 16 nitrogen and oxygen atoms in total. The molecule has 334 valence electrons. The van der Waals surface area contributed by atoms with Gasteiger partial charge in [0, 0.05) is 37.1 Å². The average Bonchev–Trinajstić information content (AvgIpc) is 4.13. The van der Waals surface area contributed by atoms with Gasteiger partial charge in [-0.15, -0.1) is 27.8 Å². The number of aliphatic hydroxyl groups is 2. The minimum absolute atomic E-state index is 0.0414. The van der Waals surface area contributed by atoms with Gasteiger partial charge in [-0.25, -0.2) is 22.6 Å². The van der Waals surface area contributed by atoms with E-state index in [-0.39, 0.29) is 34.4 Å². The summed E-state index contributed by atoms with van der Waals surface area (Å²) >= 11 is 2.70. The number of esters is 1. The summed E-state index contributed by atoms with van der Waals surface area (Å²) in [4.78, 5) is 42.3. The molecule has 1 saturated carbocycles. The standard InChI is InChI=1S/C38H42N6O6S2.C7H5NO3S/c1-43(25-8-10-26(11-9-25)50-37(48)38(49,33-5-2-19-51-33)34-6-3-20-52-34)17-4-18-44-30-14-7-24(21-29(30)41-42-44)22-39-23-32(46)27-12-15-31(45)36-28(27)13-16-35(47)40-36;9-7-5-3-1-2-4-6(5)12(10,11)8-7/h2-3,5-7,12-16,19-21,25-26,32,39,45-46,49H,4,8-11,17-18,22-23H2,1H3,(H,40,47);1-4H,(H,8,9)/t25?,26?,32-;/m0./s1. The molecule has 0 radical (unpaired) electrons. The molecule has 3 aromatic carbocycles. The maximum atomic E-state index is 13.4. The number of aromatic amines is 1. The predicted molar refractivity (Wildman–Crippen MR) is 243 cm³/mol. The Morgan fingerprint density at radius 3 is 2.42 bits per heavy atom. The number of rotatable bonds is 14. The first-order valence-corrected chi connectivity index (χ1v) is 24.0. The third-order valence-corrected chi connectivity index (χ3v) is 15.0. The number of hydrogen-bond acceptors (Lipinski definition) is 15. The molecule has 6 N–H and O–H groups in total. The van der Waals surface area contributed by atoms with Crippen LogP contribution in [-0.2, 0) is 38.2 Å². The second-order valence-electron chi connectivity index (χ2n) is 15.8. The fourth-order valence-electron chi connectivity index (χ4n) is 8.21. The van der Waals surface area contributed by atoms with Gasteiger partial charge in [-0.2, -0.15) is 0 Å². The highest BCUT2D eigenvalue weighted by Crippen LogP contribution is 2.38. The Kier molecular flexibility index (Phi) is 13.4. The lowest BCUT2D eigenvalue weighted by atomic mass is 9.91. The molecule has 1 aliphatic heterocycles. The van der Waals surface area contributed by atoms with Crippen LogP contribution in [0.1, 0.15) is 69.4 Å². The summed E-state index contributed by atoms with van der Waals surface area (Å²) < 4.78 is 32.0. The van der Waals surface area contributed by atoms with Crippen molar-refractivity contribution < 1.29 is 38.1 Å². The van der Waals surface area contributed by atoms with Gasteiger partial charge < -0.3 is 35.3 Å². The summed E-state index contributed by atoms with van der Waals surface area (Å²) in [7, 11) is -1.41. The van der Waals surface area contributed by atoms with E-state index in [4.69, 9.17) is 4.74 Å². The van der Waals surface area contributed by atoms with Gasteiger partial charge in [0.25, 0.3) is 15.9 Å². The van der Waals surface area contributed by atoms with E-state index in [1.54, 1.807) is 36.4 Å². The van der Waals surface area contributed by atoms with Crippen molar-refractivity contribution in [3.8, 4) is 5.75 Å². The number of hydrogen-bond donors (Lipinski definition) is 6. The quantitative estimate of drug-likeness (QED) is 0.0777. The largest absolute Gasteiger partial charge is 0.506 e. The molecule has 19 heteroatoms. The number of nitrogens with zero attached hydrogens (tertiary/aromatic N) is 4. The number of pyridine rings is 1. The molecule has 1 amide bonds. The van der Waals surface area contributed by atoms with Crippen LogP contribution in [0.4, 0.5) is 0 Å². The summed E-state index contributed by atoms with van der Waals surface area (Å²) in [5, 5.41) is 49.0. The van der Waals surface area contributed by atoms with E-state index in [9.17, 15) is 38.1 Å². The van der Waals surface area contributed by atoms with Gasteiger partial charge in [-0.3, -0.25) is 9.59 Å². The molecular formula is C45H47N7O9S3. The summed E-state index contributed by atoms with van der Waals surface area (Å²) in [6.07, 6.45) is 3.18. The first-order chi connectivity index (χ1) is 30.8. The monoisotopic (exact) mass is 925 g/mol. The molecule has 0 bridgehead atoms. The number of aromatic nitrogens is 4. The number of thiophene rings is 2. The van der Waals surface area contributed by atoms with Crippen LogP contribution in [0.15, 0.2) is 111 Å². The lowest BCUT2D eigenvalue weighted by molar-refractivity contribution is -0.169. The Balaban J connectivity index is 0.000000401. The van der Waals surface area contributed by atoms with Gasteiger partial charge >= 0.3 is 5.97 Å². The highest BCUT2D eigenvalue weighted by molar-refractivity contribution is 7.90. The molecular weight excluding hydrogens is 879 g/mol. The Labute approximate surface area is 376 Å². The summed E-state index contributed by atoms with van der Waals surface area (Å²) in [5.74, 6) is -1.19. The van der Waals surface area contributed by atoms with Crippen LogP contribution in [0, 0.1) is 0 Å². The van der Waals surface area contributed by atoms with Crippen molar-refractivity contribution in [2.45, 2.75) is 73.9 Å². The number of phenols is 1. The van der Waals surface area contributed by atoms with Crippen LogP contribution in [0.25, 0.3) is 21.9 Å². The number of fused-ring (bicyclic) bond motifs is 3. The van der Waals surface area contributed by atoms with E-state index in [1.165, 1.54) is 46.9 Å². The number of carbonyl (C=O) groups is 2. The molecule has 5 heterocycles. The van der Waals surface area contributed by atoms with Crippen molar-refractivity contribution in [1.82, 2.24) is 34.9 Å². The third kappa shape index (κ3) is 9.51. The molecule has 1 fully saturated rings. The Hall–Kier alpha value is -5.80. The average molecular weight is 926 g/mol. The first kappa shape index (κ1) is 44.8. The zero-order valence-corrected chi connectivity index (χ0v) is 37.2. The van der Waals surface area contributed by atoms with Gasteiger partial charge in [0.1, 0.15) is 22.3 Å². The smallest absolute Gasteiger partial charge is 0.349 e. The van der Waals surface area contributed by atoms with Crippen molar-refractivity contribution >= 4 is 66.5 Å². The van der Waals surface area contributed by atoms with E-state index in [1.807, 2.05) is 50.5 Å². The van der Waals surface area contributed by atoms with Gasteiger partial charge in [0.05, 0.1) is 32.5 Å². The summed E-state index contributed by atoms with van der Waals surface area (Å²) in [5.41, 5.74) is 1.82. The van der Waals surface area contributed by atoms with E-state index in [0.29, 0.717) is 38.8 Å². The number of carbonyl (C=O) groups excluding carboxylic acids is 2. The second-order valence-corrected chi connectivity index (χ2v) is 19.4. The molecule has 1 aliphatic carbocycles. The normalized spacial score (nSPS) is 17.5. The van der Waals surface area contributed by atoms with E-state index in [0.717, 1.165) is 61.8 Å². The maximum absolute atomic E-state index is 13.4. The zero-order chi connectivity index (χ0) is 45.0. The number of ether oxygens (including phenoxy) is 1. The molecule has 1 atom stereocenters. The van der Waals surface area contributed by atoms with Crippen molar-refractivity contribution in [3.05, 3.63) is 139 Å². The SMILES string of the molecule is CN(CCCn1nnc2cc(CNC[C@H](O)c3ccc(O)c4[nH]c(=O)ccc34)ccc21)C1CCC(OC(=O)C(O)(c2cccs2)c2cccs2)CC1.O=C1NS(=O)(=O)c2ccccc21. The number of sulfonamides is 1. The minimum Gasteiger partial charge on any atom is -0.506 e. The highest BCUT2D eigenvalue weighted by atomic mass is 32.2. The van der Waals surface area contributed by atoms with Gasteiger partial charge in [-0.1, -0.05) is 41.6 Å². The van der Waals surface area contributed by atoms with Crippen LogP contribution in [0.3, 0.4) is 0 Å². The zero-order valence-electron chi connectivity index (χ0n) is 34.7. The third-order valence-electron chi connectivity index (χ3n) is 11.6. The molecule has 0 spiro atoms. The highest BCUT2D eigenvalue weighted by Gasteiger charge is 2.45. The summed E-state index contributed by atoms with van der Waals surface area (Å²) in [6.45, 7) is 2.42. The summed E-state index contributed by atoms with van der Waals surface area (Å²) in [6, 6.07) is 25.9. The van der Waals surface area contributed by atoms with Crippen molar-refractivity contribution in [2.75, 3.05) is 20.1 Å². The van der Waals surface area contributed by atoms with Gasteiger partial charge in [0.15, 0.2) is 0 Å². The number of H-pyrrole nitrogens is 1. The Morgan fingerprint density at radius 2 is 1.72 bits per heavy atom. The number of phenolic OH excluding ortho intramolecular Hbond substituents is 1. The number of nitrogens with one attached hydrogen (secondary N) is 3. The van der Waals surface area contributed by atoms with Crippen molar-refractivity contribution in [3.63, 3.8) is 0 Å². The molecule has 64 heavy (non-hydrogen) atoms. The number of aromatic hydroxyl groups is 1. The lowest BCUT2D eigenvalue weighted by Gasteiger charge is -2.35. The lowest BCUT2D eigenvalue weighted by Crippen LogP contribution is -2.42. The molecule has 9 rings (SSSR count). The molecule has 4 aromatic heterocycles. The first-order valence-electron chi connectivity index (χ1n) is 20.8. The fourth-order valence-corrected chi connectivity index (χ4v) is 11.1. The van der Waals surface area contributed by atoms with E-state index >= 15 is 0 Å². The van der Waals surface area contributed by atoms with E-state index in [2.05, 4.69) is 32.6 Å². The van der Waals surface area contributed by atoms with Crippen LogP contribution < -0.4 is 15.6 Å². The molecule has 2 aliphatic rings. The molecule has 7 aromatic rings. The fraction of sp³-hybridized carbons (Fsp3) is 0.311. The minimum atomic E-state index is -3.55. The van der Waals surface area contributed by atoms with Crippen molar-refractivity contribution in [2.24, 2.45) is 0 Å². The maximum Gasteiger partial charge on any atom is 0.349 e. The van der Waals surface area contributed by atoms with Crippen LogP contribution in [0.5, 0.6) is 5.75 Å². The molecule has 0 unspecified atom stereocenters. The Morgan fingerprint density at radius 1 is 0.984 bits per heavy atom. The van der Waals surface area contributed by atoms with Crippen LogP contribution in [0.2, 0.25) is 0 Å². The number of amides is 1. The number of benzene rings is 3. The van der Waals surface area contributed by atoms with Gasteiger partial charge in [-0.05, 0) is 116 Å². The Bertz CT molecular complexity index is 2890. The van der Waals surface area contributed by atoms with Crippen LogP contribution >= 0.6 is 22.7 Å².